The molecule has 1 unspecified atom stereocenters. The minimum absolute atomic E-state index is 0.0103. The minimum Gasteiger partial charge on any atom is -0.479 e. The Morgan fingerprint density at radius 1 is 1.24 bits per heavy atom. The lowest BCUT2D eigenvalue weighted by Gasteiger charge is -2.37. The standard InChI is InChI=1S/C16H21NO4/c1-2-13(12-6-4-3-5-7-12)14(18)17-10-8-16(21,9-11-17)15(19)20/h3-7,13,21H,2,8-11H2,1H3,(H,19,20). The molecule has 0 bridgehead atoms. The third-order valence-electron chi connectivity index (χ3n) is 4.21. The summed E-state index contributed by atoms with van der Waals surface area (Å²) in [6.07, 6.45) is 0.862. The molecule has 21 heavy (non-hydrogen) atoms. The van der Waals surface area contributed by atoms with Gasteiger partial charge >= 0.3 is 5.97 Å². The van der Waals surface area contributed by atoms with Crippen molar-refractivity contribution < 1.29 is 19.8 Å². The molecule has 2 rings (SSSR count). The lowest BCUT2D eigenvalue weighted by Crippen LogP contribution is -2.51. The quantitative estimate of drug-likeness (QED) is 0.883. The van der Waals surface area contributed by atoms with Gasteiger partial charge in [-0.25, -0.2) is 4.79 Å². The third-order valence-corrected chi connectivity index (χ3v) is 4.21. The number of aliphatic hydroxyl groups is 1. The molecule has 1 aromatic rings. The molecule has 1 amide bonds. The molecule has 0 spiro atoms. The lowest BCUT2D eigenvalue weighted by molar-refractivity contribution is -0.165. The molecule has 1 aromatic carbocycles. The second-order valence-electron chi connectivity index (χ2n) is 5.53. The molecule has 5 nitrogen and oxygen atoms in total. The Morgan fingerprint density at radius 3 is 2.29 bits per heavy atom. The number of amides is 1. The maximum Gasteiger partial charge on any atom is 0.335 e. The highest BCUT2D eigenvalue weighted by molar-refractivity contribution is 5.84. The van der Waals surface area contributed by atoms with Gasteiger partial charge in [0, 0.05) is 25.9 Å². The van der Waals surface area contributed by atoms with E-state index in [4.69, 9.17) is 5.11 Å². The number of hydrogen-bond donors (Lipinski definition) is 2. The number of rotatable bonds is 4. The van der Waals surface area contributed by atoms with Gasteiger partial charge in [0.15, 0.2) is 5.60 Å². The molecule has 1 aliphatic rings. The molecule has 5 heteroatoms. The van der Waals surface area contributed by atoms with Gasteiger partial charge in [-0.1, -0.05) is 37.3 Å². The van der Waals surface area contributed by atoms with Crippen LogP contribution < -0.4 is 0 Å². The number of carboxylic acids is 1. The van der Waals surface area contributed by atoms with E-state index in [0.717, 1.165) is 5.56 Å². The summed E-state index contributed by atoms with van der Waals surface area (Å²) in [5.41, 5.74) is -0.713. The van der Waals surface area contributed by atoms with E-state index in [0.29, 0.717) is 6.42 Å². The number of piperidine rings is 1. The molecular weight excluding hydrogens is 270 g/mol. The Kier molecular flexibility index (Phi) is 4.63. The fourth-order valence-corrected chi connectivity index (χ4v) is 2.77. The van der Waals surface area contributed by atoms with Gasteiger partial charge in [0.25, 0.3) is 0 Å². The zero-order chi connectivity index (χ0) is 15.5. The normalized spacial score (nSPS) is 19.0. The molecule has 1 atom stereocenters. The van der Waals surface area contributed by atoms with Crippen LogP contribution in [0.15, 0.2) is 30.3 Å². The zero-order valence-electron chi connectivity index (χ0n) is 12.2. The molecule has 1 aliphatic heterocycles. The van der Waals surface area contributed by atoms with Crippen molar-refractivity contribution >= 4 is 11.9 Å². The van der Waals surface area contributed by atoms with Gasteiger partial charge in [0.05, 0.1) is 5.92 Å². The average Bonchev–Trinajstić information content (AvgIpc) is 2.49. The Bertz CT molecular complexity index is 506. The number of carboxylic acid groups (broad SMARTS) is 1. The number of benzene rings is 1. The summed E-state index contributed by atoms with van der Waals surface area (Å²) >= 11 is 0. The van der Waals surface area contributed by atoms with Gasteiger partial charge in [0.1, 0.15) is 0 Å². The smallest absolute Gasteiger partial charge is 0.335 e. The van der Waals surface area contributed by atoms with E-state index >= 15 is 0 Å². The van der Waals surface area contributed by atoms with Crippen LogP contribution >= 0.6 is 0 Å². The van der Waals surface area contributed by atoms with E-state index < -0.39 is 11.6 Å². The second-order valence-corrected chi connectivity index (χ2v) is 5.53. The zero-order valence-corrected chi connectivity index (χ0v) is 12.2. The first kappa shape index (κ1) is 15.5. The summed E-state index contributed by atoms with van der Waals surface area (Å²) in [7, 11) is 0. The van der Waals surface area contributed by atoms with Crippen molar-refractivity contribution in [2.24, 2.45) is 0 Å². The van der Waals surface area contributed by atoms with E-state index in [1.54, 1.807) is 4.90 Å². The van der Waals surface area contributed by atoms with Crippen LogP contribution in [0.5, 0.6) is 0 Å². The molecule has 0 aliphatic carbocycles. The highest BCUT2D eigenvalue weighted by Crippen LogP contribution is 2.27. The molecule has 2 N–H and O–H groups in total. The van der Waals surface area contributed by atoms with Gasteiger partial charge in [-0.3, -0.25) is 4.79 Å². The van der Waals surface area contributed by atoms with Crippen molar-refractivity contribution in [3.8, 4) is 0 Å². The maximum atomic E-state index is 12.6. The summed E-state index contributed by atoms with van der Waals surface area (Å²) in [5.74, 6) is -1.40. The molecular formula is C16H21NO4. The van der Waals surface area contributed by atoms with Crippen molar-refractivity contribution in [3.05, 3.63) is 35.9 Å². The number of aliphatic carboxylic acids is 1. The van der Waals surface area contributed by atoms with Crippen LogP contribution in [0.4, 0.5) is 0 Å². The average molecular weight is 291 g/mol. The van der Waals surface area contributed by atoms with Crippen molar-refractivity contribution in [2.45, 2.75) is 37.7 Å². The number of hydrogen-bond acceptors (Lipinski definition) is 3. The molecule has 0 saturated carbocycles. The van der Waals surface area contributed by atoms with Crippen LogP contribution in [-0.4, -0.2) is 45.7 Å². The third kappa shape index (κ3) is 3.24. The molecule has 0 radical (unpaired) electrons. The van der Waals surface area contributed by atoms with Gasteiger partial charge in [-0.2, -0.15) is 0 Å². The second kappa shape index (κ2) is 6.26. The van der Waals surface area contributed by atoms with Crippen molar-refractivity contribution in [1.29, 1.82) is 0 Å². The number of likely N-dealkylation sites (tertiary alicyclic amines) is 1. The fraction of sp³-hybridized carbons (Fsp3) is 0.500. The number of carbonyl (C=O) groups excluding carboxylic acids is 1. The van der Waals surface area contributed by atoms with E-state index in [2.05, 4.69) is 0 Å². The minimum atomic E-state index is -1.69. The summed E-state index contributed by atoms with van der Waals surface area (Å²) in [6, 6.07) is 9.59. The van der Waals surface area contributed by atoms with E-state index in [9.17, 15) is 14.7 Å². The topological polar surface area (TPSA) is 77.8 Å². The first-order chi connectivity index (χ1) is 9.98. The largest absolute Gasteiger partial charge is 0.479 e. The van der Waals surface area contributed by atoms with Crippen LogP contribution in [0.3, 0.4) is 0 Å². The lowest BCUT2D eigenvalue weighted by atomic mass is 9.89. The summed E-state index contributed by atoms with van der Waals surface area (Å²) < 4.78 is 0. The number of carbonyl (C=O) groups is 2. The first-order valence-corrected chi connectivity index (χ1v) is 7.27. The molecule has 114 valence electrons. The molecule has 1 heterocycles. The van der Waals surface area contributed by atoms with Crippen LogP contribution in [-0.2, 0) is 9.59 Å². The predicted molar refractivity (Wildman–Crippen MR) is 77.9 cm³/mol. The maximum absolute atomic E-state index is 12.6. The fourth-order valence-electron chi connectivity index (χ4n) is 2.77. The van der Waals surface area contributed by atoms with Crippen molar-refractivity contribution in [1.82, 2.24) is 4.90 Å². The van der Waals surface area contributed by atoms with Gasteiger partial charge in [0.2, 0.25) is 5.91 Å². The van der Waals surface area contributed by atoms with Gasteiger partial charge in [-0.15, -0.1) is 0 Å². The van der Waals surface area contributed by atoms with Crippen molar-refractivity contribution in [2.75, 3.05) is 13.1 Å². The first-order valence-electron chi connectivity index (χ1n) is 7.27. The van der Waals surface area contributed by atoms with Crippen LogP contribution in [0.1, 0.15) is 37.7 Å². The van der Waals surface area contributed by atoms with Gasteiger partial charge < -0.3 is 15.1 Å². The Balaban J connectivity index is 2.06. The SMILES string of the molecule is CCC(C(=O)N1CCC(O)(C(=O)O)CC1)c1ccccc1. The Labute approximate surface area is 124 Å². The summed E-state index contributed by atoms with van der Waals surface area (Å²) in [5, 5.41) is 18.9. The highest BCUT2D eigenvalue weighted by atomic mass is 16.4. The van der Waals surface area contributed by atoms with Gasteiger partial charge in [-0.05, 0) is 12.0 Å². The van der Waals surface area contributed by atoms with E-state index in [-0.39, 0.29) is 37.8 Å². The van der Waals surface area contributed by atoms with Crippen molar-refractivity contribution in [3.63, 3.8) is 0 Å². The van der Waals surface area contributed by atoms with E-state index in [1.165, 1.54) is 0 Å². The summed E-state index contributed by atoms with van der Waals surface area (Å²) in [6.45, 7) is 2.53. The van der Waals surface area contributed by atoms with Crippen LogP contribution in [0.25, 0.3) is 0 Å². The highest BCUT2D eigenvalue weighted by Gasteiger charge is 2.41. The van der Waals surface area contributed by atoms with E-state index in [1.807, 2.05) is 37.3 Å². The molecule has 1 fully saturated rings. The molecule has 1 saturated heterocycles. The Morgan fingerprint density at radius 2 is 1.81 bits per heavy atom. The van der Waals surface area contributed by atoms with Crippen LogP contribution in [0, 0.1) is 0 Å². The summed E-state index contributed by atoms with van der Waals surface area (Å²) in [4.78, 5) is 25.3. The molecule has 0 aromatic heterocycles. The number of nitrogens with zero attached hydrogens (tertiary/aromatic N) is 1. The Hall–Kier alpha value is -1.88. The monoisotopic (exact) mass is 291 g/mol. The predicted octanol–water partition coefficient (Wildman–Crippen LogP) is 1.62. The van der Waals surface area contributed by atoms with Crippen LogP contribution in [0.2, 0.25) is 0 Å².